The third kappa shape index (κ3) is 5.41. The minimum Gasteiger partial charge on any atom is -0.493 e. The Morgan fingerprint density at radius 1 is 1.04 bits per heavy atom. The van der Waals surface area contributed by atoms with E-state index in [2.05, 4.69) is 4.74 Å². The lowest BCUT2D eigenvalue weighted by atomic mass is 10.1. The highest BCUT2D eigenvalue weighted by molar-refractivity contribution is 5.72. The van der Waals surface area contributed by atoms with Gasteiger partial charge >= 0.3 is 11.9 Å². The maximum atomic E-state index is 11.6. The van der Waals surface area contributed by atoms with Crippen LogP contribution in [-0.2, 0) is 25.7 Å². The molecule has 0 saturated carbocycles. The Bertz CT molecular complexity index is 614. The number of carbonyl (C=O) groups is 2. The Hall–Kier alpha value is -2.84. The quantitative estimate of drug-likeness (QED) is 0.380. The summed E-state index contributed by atoms with van der Waals surface area (Å²) in [6.45, 7) is -0.284. The van der Waals surface area contributed by atoms with Crippen molar-refractivity contribution >= 4 is 17.6 Å². The van der Waals surface area contributed by atoms with Crippen molar-refractivity contribution in [2.24, 2.45) is 0 Å². The number of nitrogens with zero attached hydrogens (tertiary/aromatic N) is 1. The number of carbonyl (C=O) groups excluding carboxylic acids is 2. The fourth-order valence-corrected chi connectivity index (χ4v) is 1.91. The van der Waals surface area contributed by atoms with Crippen molar-refractivity contribution in [2.45, 2.75) is 25.9 Å². The molecule has 0 fully saturated rings. The average Bonchev–Trinajstić information content (AvgIpc) is 2.58. The maximum Gasteiger partial charge on any atom is 0.306 e. The minimum absolute atomic E-state index is 0.0101. The van der Waals surface area contributed by atoms with Crippen LogP contribution in [0.15, 0.2) is 12.1 Å². The Morgan fingerprint density at radius 2 is 1.62 bits per heavy atom. The van der Waals surface area contributed by atoms with E-state index in [0.717, 1.165) is 0 Å². The van der Waals surface area contributed by atoms with E-state index >= 15 is 0 Å². The van der Waals surface area contributed by atoms with Crippen molar-refractivity contribution in [1.82, 2.24) is 0 Å². The summed E-state index contributed by atoms with van der Waals surface area (Å²) in [6, 6.07) is 2.60. The van der Waals surface area contributed by atoms with Gasteiger partial charge in [0.05, 0.1) is 37.9 Å². The van der Waals surface area contributed by atoms with Gasteiger partial charge < -0.3 is 18.9 Å². The molecule has 9 nitrogen and oxygen atoms in total. The van der Waals surface area contributed by atoms with E-state index in [1.54, 1.807) is 0 Å². The summed E-state index contributed by atoms with van der Waals surface area (Å²) in [5.41, 5.74) is -0.0611. The Kier molecular flexibility index (Phi) is 7.47. The van der Waals surface area contributed by atoms with E-state index in [4.69, 9.17) is 14.2 Å². The number of ether oxygens (including phenoxy) is 4. The molecule has 0 aliphatic rings. The van der Waals surface area contributed by atoms with Crippen LogP contribution in [0.1, 0.15) is 24.8 Å². The van der Waals surface area contributed by atoms with E-state index in [9.17, 15) is 19.7 Å². The van der Waals surface area contributed by atoms with Crippen molar-refractivity contribution in [3.8, 4) is 11.5 Å². The maximum absolute atomic E-state index is 11.6. The lowest BCUT2D eigenvalue weighted by molar-refractivity contribution is -0.385. The molecule has 0 radical (unpaired) electrons. The molecule has 9 heteroatoms. The minimum atomic E-state index is -0.595. The van der Waals surface area contributed by atoms with Gasteiger partial charge in [-0.1, -0.05) is 0 Å². The van der Waals surface area contributed by atoms with Crippen molar-refractivity contribution < 1.29 is 33.5 Å². The summed E-state index contributed by atoms with van der Waals surface area (Å²) in [7, 11) is 4.02. The highest BCUT2D eigenvalue weighted by atomic mass is 16.6. The van der Waals surface area contributed by atoms with Crippen molar-refractivity contribution in [3.05, 3.63) is 27.8 Å². The van der Waals surface area contributed by atoms with E-state index in [0.29, 0.717) is 5.75 Å². The number of methoxy groups -OCH3 is 3. The highest BCUT2D eigenvalue weighted by Crippen LogP contribution is 2.34. The first kappa shape index (κ1) is 19.2. The molecule has 0 saturated heterocycles. The average molecular weight is 341 g/mol. The standard InChI is InChI=1S/C15H19NO8/c1-21-12-7-10(11(16(19)20)8-13(12)22-2)9-24-15(18)6-4-5-14(17)23-3/h7-8H,4-6,9H2,1-3H3. The predicted octanol–water partition coefficient (Wildman–Crippen LogP) is 2.00. The van der Waals surface area contributed by atoms with Crippen LogP contribution in [0.3, 0.4) is 0 Å². The van der Waals surface area contributed by atoms with Gasteiger partial charge in [0.25, 0.3) is 5.69 Å². The molecule has 0 heterocycles. The first-order chi connectivity index (χ1) is 11.4. The van der Waals surface area contributed by atoms with Gasteiger partial charge in [-0.15, -0.1) is 0 Å². The lowest BCUT2D eigenvalue weighted by Crippen LogP contribution is -2.08. The molecule has 0 unspecified atom stereocenters. The second-order valence-corrected chi connectivity index (χ2v) is 4.68. The molecule has 0 spiro atoms. The van der Waals surface area contributed by atoms with Gasteiger partial charge in [0.1, 0.15) is 6.61 Å². The van der Waals surface area contributed by atoms with Crippen molar-refractivity contribution in [2.75, 3.05) is 21.3 Å². The number of nitro groups is 1. The number of rotatable bonds is 9. The van der Waals surface area contributed by atoms with Crippen LogP contribution in [0.4, 0.5) is 5.69 Å². The monoisotopic (exact) mass is 341 g/mol. The molecule has 132 valence electrons. The van der Waals surface area contributed by atoms with Gasteiger partial charge in [-0.2, -0.15) is 0 Å². The normalized spacial score (nSPS) is 9.96. The van der Waals surface area contributed by atoms with Gasteiger partial charge in [-0.3, -0.25) is 19.7 Å². The smallest absolute Gasteiger partial charge is 0.306 e. The van der Waals surface area contributed by atoms with E-state index in [1.165, 1.54) is 33.5 Å². The zero-order valence-corrected chi connectivity index (χ0v) is 13.7. The van der Waals surface area contributed by atoms with E-state index < -0.39 is 16.9 Å². The molecule has 24 heavy (non-hydrogen) atoms. The molecular formula is C15H19NO8. The summed E-state index contributed by atoms with van der Waals surface area (Å²) in [6.07, 6.45) is 0.387. The molecular weight excluding hydrogens is 322 g/mol. The van der Waals surface area contributed by atoms with Crippen LogP contribution in [0.5, 0.6) is 11.5 Å². The Morgan fingerprint density at radius 3 is 2.17 bits per heavy atom. The number of hydrogen-bond donors (Lipinski definition) is 0. The van der Waals surface area contributed by atoms with E-state index in [1.807, 2.05) is 0 Å². The fourth-order valence-electron chi connectivity index (χ4n) is 1.91. The van der Waals surface area contributed by atoms with E-state index in [-0.39, 0.29) is 42.9 Å². The summed E-state index contributed by atoms with van der Waals surface area (Å²) in [5, 5.41) is 11.1. The second kappa shape index (κ2) is 9.33. The van der Waals surface area contributed by atoms with Crippen molar-refractivity contribution in [1.29, 1.82) is 0 Å². The largest absolute Gasteiger partial charge is 0.493 e. The van der Waals surface area contributed by atoms with Crippen LogP contribution < -0.4 is 9.47 Å². The number of esters is 2. The SMILES string of the molecule is COC(=O)CCCC(=O)OCc1cc(OC)c(OC)cc1[N+](=O)[O-]. The summed E-state index contributed by atoms with van der Waals surface area (Å²) in [5.74, 6) is -0.487. The van der Waals surface area contributed by atoms with Gasteiger partial charge in [-0.25, -0.2) is 0 Å². The Labute approximate surface area is 138 Å². The third-order valence-electron chi connectivity index (χ3n) is 3.16. The highest BCUT2D eigenvalue weighted by Gasteiger charge is 2.20. The number of nitro benzene ring substituents is 1. The first-order valence-electron chi connectivity index (χ1n) is 7.04. The summed E-state index contributed by atoms with van der Waals surface area (Å²) < 4.78 is 19.6. The molecule has 1 aromatic rings. The van der Waals surface area contributed by atoms with Gasteiger partial charge in [-0.05, 0) is 12.5 Å². The zero-order chi connectivity index (χ0) is 18.1. The summed E-state index contributed by atoms with van der Waals surface area (Å²) in [4.78, 5) is 33.1. The number of hydrogen-bond acceptors (Lipinski definition) is 8. The molecule has 0 aliphatic carbocycles. The molecule has 1 aromatic carbocycles. The second-order valence-electron chi connectivity index (χ2n) is 4.68. The van der Waals surface area contributed by atoms with Crippen LogP contribution in [0.25, 0.3) is 0 Å². The molecule has 0 atom stereocenters. The molecule has 0 N–H and O–H groups in total. The molecule has 0 aromatic heterocycles. The van der Waals surface area contributed by atoms with Gasteiger partial charge in [0.2, 0.25) is 0 Å². The Balaban J connectivity index is 2.74. The van der Waals surface area contributed by atoms with Crippen LogP contribution in [0.2, 0.25) is 0 Å². The number of benzene rings is 1. The third-order valence-corrected chi connectivity index (χ3v) is 3.16. The predicted molar refractivity (Wildman–Crippen MR) is 81.9 cm³/mol. The molecule has 0 amide bonds. The summed E-state index contributed by atoms with van der Waals surface area (Å²) >= 11 is 0. The molecule has 0 aliphatic heterocycles. The fraction of sp³-hybridized carbons (Fsp3) is 0.467. The lowest BCUT2D eigenvalue weighted by Gasteiger charge is -2.11. The molecule has 0 bridgehead atoms. The van der Waals surface area contributed by atoms with Gasteiger partial charge in [0.15, 0.2) is 11.5 Å². The zero-order valence-electron chi connectivity index (χ0n) is 13.7. The van der Waals surface area contributed by atoms with Crippen LogP contribution in [-0.4, -0.2) is 38.2 Å². The van der Waals surface area contributed by atoms with Gasteiger partial charge in [0, 0.05) is 12.8 Å². The van der Waals surface area contributed by atoms with Crippen LogP contribution >= 0.6 is 0 Å². The topological polar surface area (TPSA) is 114 Å². The van der Waals surface area contributed by atoms with Crippen molar-refractivity contribution in [3.63, 3.8) is 0 Å². The van der Waals surface area contributed by atoms with Crippen LogP contribution in [0, 0.1) is 10.1 Å². The first-order valence-corrected chi connectivity index (χ1v) is 7.04. The molecule has 1 rings (SSSR count).